The van der Waals surface area contributed by atoms with Crippen molar-refractivity contribution in [1.29, 1.82) is 0 Å². The molecule has 2 aromatic rings. The molecular formula is C15H18F3N3OS. The van der Waals surface area contributed by atoms with Crippen LogP contribution >= 0.6 is 11.5 Å². The summed E-state index contributed by atoms with van der Waals surface area (Å²) in [6, 6.07) is 4.67. The summed E-state index contributed by atoms with van der Waals surface area (Å²) < 4.78 is 42.3. The van der Waals surface area contributed by atoms with Crippen molar-refractivity contribution in [3.05, 3.63) is 41.2 Å². The molecule has 0 aliphatic carbocycles. The molecule has 126 valence electrons. The van der Waals surface area contributed by atoms with E-state index in [0.29, 0.717) is 11.0 Å². The molecule has 1 atom stereocenters. The maximum atomic E-state index is 12.7. The van der Waals surface area contributed by atoms with Gasteiger partial charge in [0.15, 0.2) is 0 Å². The number of hydrogen-bond acceptors (Lipinski definition) is 5. The van der Waals surface area contributed by atoms with Gasteiger partial charge in [0.05, 0.1) is 11.7 Å². The third kappa shape index (κ3) is 4.65. The van der Waals surface area contributed by atoms with Crippen molar-refractivity contribution in [3.8, 4) is 0 Å². The van der Waals surface area contributed by atoms with Crippen LogP contribution in [0.15, 0.2) is 24.3 Å². The van der Waals surface area contributed by atoms with E-state index in [2.05, 4.69) is 14.7 Å². The number of aliphatic hydroxyl groups excluding tert-OH is 1. The molecule has 0 aliphatic rings. The minimum atomic E-state index is -4.43. The molecule has 1 aromatic carbocycles. The number of halogens is 3. The summed E-state index contributed by atoms with van der Waals surface area (Å²) in [5, 5.41) is 13.5. The number of nitrogens with one attached hydrogen (secondary N) is 1. The van der Waals surface area contributed by atoms with E-state index in [4.69, 9.17) is 0 Å². The molecule has 0 saturated carbocycles. The summed E-state index contributed by atoms with van der Waals surface area (Å²) in [6.07, 6.45) is -5.50. The summed E-state index contributed by atoms with van der Waals surface area (Å²) in [5.41, 5.74) is -0.760. The summed E-state index contributed by atoms with van der Waals surface area (Å²) in [7, 11) is 0. The Kier molecular flexibility index (Phi) is 4.95. The van der Waals surface area contributed by atoms with Gasteiger partial charge in [-0.05, 0) is 17.7 Å². The first-order valence-electron chi connectivity index (χ1n) is 7.00. The Labute approximate surface area is 136 Å². The molecule has 2 rings (SSSR count). The van der Waals surface area contributed by atoms with Gasteiger partial charge in [-0.15, -0.1) is 0 Å². The standard InChI is InChI=1S/C15H18F3N3OS/c1-14(2,3)12-20-13(23-21-12)19-8-11(22)9-5-4-6-10(7-9)15(16,17)18/h4-7,11,22H,8H2,1-3H3,(H,19,20,21). The van der Waals surface area contributed by atoms with Crippen molar-refractivity contribution in [2.24, 2.45) is 0 Å². The fraction of sp³-hybridized carbons (Fsp3) is 0.467. The van der Waals surface area contributed by atoms with Crippen LogP contribution in [0.5, 0.6) is 0 Å². The molecule has 1 unspecified atom stereocenters. The number of anilines is 1. The van der Waals surface area contributed by atoms with E-state index in [1.54, 1.807) is 0 Å². The molecule has 0 aliphatic heterocycles. The molecule has 0 radical (unpaired) electrons. The normalized spacial score (nSPS) is 13.9. The molecule has 4 nitrogen and oxygen atoms in total. The molecule has 0 spiro atoms. The van der Waals surface area contributed by atoms with Gasteiger partial charge in [-0.25, -0.2) is 4.98 Å². The quantitative estimate of drug-likeness (QED) is 0.879. The number of aromatic nitrogens is 2. The Morgan fingerprint density at radius 3 is 2.52 bits per heavy atom. The van der Waals surface area contributed by atoms with Crippen LogP contribution in [0, 0.1) is 0 Å². The lowest BCUT2D eigenvalue weighted by Crippen LogP contribution is -2.15. The van der Waals surface area contributed by atoms with Gasteiger partial charge in [0, 0.05) is 23.5 Å². The van der Waals surface area contributed by atoms with E-state index in [1.165, 1.54) is 12.1 Å². The Morgan fingerprint density at radius 2 is 1.96 bits per heavy atom. The van der Waals surface area contributed by atoms with Gasteiger partial charge < -0.3 is 10.4 Å². The molecule has 0 amide bonds. The minimum Gasteiger partial charge on any atom is -0.387 e. The van der Waals surface area contributed by atoms with Gasteiger partial charge in [0.25, 0.3) is 0 Å². The molecule has 2 N–H and O–H groups in total. The molecule has 1 heterocycles. The zero-order valence-corrected chi connectivity index (χ0v) is 13.8. The van der Waals surface area contributed by atoms with E-state index in [9.17, 15) is 18.3 Å². The van der Waals surface area contributed by atoms with E-state index < -0.39 is 17.8 Å². The molecule has 8 heteroatoms. The van der Waals surface area contributed by atoms with Crippen LogP contribution in [-0.2, 0) is 11.6 Å². The number of alkyl halides is 3. The first-order chi connectivity index (χ1) is 10.6. The van der Waals surface area contributed by atoms with Gasteiger partial charge >= 0.3 is 6.18 Å². The molecule has 1 aromatic heterocycles. The summed E-state index contributed by atoms with van der Waals surface area (Å²) in [5.74, 6) is 0.679. The lowest BCUT2D eigenvalue weighted by atomic mass is 9.96. The van der Waals surface area contributed by atoms with Crippen molar-refractivity contribution < 1.29 is 18.3 Å². The highest BCUT2D eigenvalue weighted by atomic mass is 32.1. The third-order valence-electron chi connectivity index (χ3n) is 3.14. The van der Waals surface area contributed by atoms with Crippen LogP contribution in [0.2, 0.25) is 0 Å². The smallest absolute Gasteiger partial charge is 0.387 e. The second-order valence-electron chi connectivity index (χ2n) is 6.19. The molecule has 0 fully saturated rings. The second kappa shape index (κ2) is 6.45. The van der Waals surface area contributed by atoms with E-state index in [0.717, 1.165) is 23.7 Å². The Morgan fingerprint density at radius 1 is 1.26 bits per heavy atom. The average Bonchev–Trinajstić information content (AvgIpc) is 2.93. The van der Waals surface area contributed by atoms with E-state index >= 15 is 0 Å². The number of aliphatic hydroxyl groups is 1. The van der Waals surface area contributed by atoms with E-state index in [1.807, 2.05) is 20.8 Å². The fourth-order valence-electron chi connectivity index (χ4n) is 1.82. The molecule has 0 saturated heterocycles. The van der Waals surface area contributed by atoms with Crippen LogP contribution in [0.1, 0.15) is 43.8 Å². The summed E-state index contributed by atoms with van der Waals surface area (Å²) >= 11 is 1.16. The Hall–Kier alpha value is -1.67. The highest BCUT2D eigenvalue weighted by Gasteiger charge is 2.30. The van der Waals surface area contributed by atoms with Gasteiger partial charge in [0.1, 0.15) is 5.82 Å². The van der Waals surface area contributed by atoms with Crippen molar-refractivity contribution in [2.45, 2.75) is 38.5 Å². The van der Waals surface area contributed by atoms with Crippen molar-refractivity contribution in [3.63, 3.8) is 0 Å². The van der Waals surface area contributed by atoms with Crippen LogP contribution in [0.3, 0.4) is 0 Å². The number of benzene rings is 1. The van der Waals surface area contributed by atoms with Crippen molar-refractivity contribution in [1.82, 2.24) is 9.36 Å². The number of nitrogens with zero attached hydrogens (tertiary/aromatic N) is 2. The largest absolute Gasteiger partial charge is 0.416 e. The van der Waals surface area contributed by atoms with Gasteiger partial charge in [0.2, 0.25) is 5.13 Å². The van der Waals surface area contributed by atoms with Gasteiger partial charge in [-0.2, -0.15) is 17.5 Å². The fourth-order valence-corrected chi connectivity index (χ4v) is 2.59. The SMILES string of the molecule is CC(C)(C)c1nsc(NCC(O)c2cccc(C(F)(F)F)c2)n1. The molecule has 23 heavy (non-hydrogen) atoms. The zero-order chi connectivity index (χ0) is 17.3. The highest BCUT2D eigenvalue weighted by Crippen LogP contribution is 2.31. The Balaban J connectivity index is 2.02. The predicted molar refractivity (Wildman–Crippen MR) is 83.5 cm³/mol. The number of rotatable bonds is 4. The van der Waals surface area contributed by atoms with Crippen LogP contribution in [-0.4, -0.2) is 21.0 Å². The summed E-state index contributed by atoms with van der Waals surface area (Å²) in [6.45, 7) is 6.00. The minimum absolute atomic E-state index is 0.0556. The first kappa shape index (κ1) is 17.7. The Bertz CT molecular complexity index is 664. The average molecular weight is 345 g/mol. The van der Waals surface area contributed by atoms with Crippen LogP contribution < -0.4 is 5.32 Å². The maximum Gasteiger partial charge on any atom is 0.416 e. The maximum absolute atomic E-state index is 12.7. The monoisotopic (exact) mass is 345 g/mol. The van der Waals surface area contributed by atoms with Gasteiger partial charge in [-0.3, -0.25) is 0 Å². The molecule has 0 bridgehead atoms. The third-order valence-corrected chi connectivity index (χ3v) is 3.81. The van der Waals surface area contributed by atoms with Crippen molar-refractivity contribution in [2.75, 3.05) is 11.9 Å². The predicted octanol–water partition coefficient (Wildman–Crippen LogP) is 4.00. The topological polar surface area (TPSA) is 58.0 Å². The van der Waals surface area contributed by atoms with Crippen LogP contribution in [0.4, 0.5) is 18.3 Å². The lowest BCUT2D eigenvalue weighted by Gasteiger charge is -2.14. The van der Waals surface area contributed by atoms with E-state index in [-0.39, 0.29) is 17.5 Å². The molecular weight excluding hydrogens is 327 g/mol. The van der Waals surface area contributed by atoms with Crippen molar-refractivity contribution >= 4 is 16.7 Å². The first-order valence-corrected chi connectivity index (χ1v) is 7.78. The number of hydrogen-bond donors (Lipinski definition) is 2. The summed E-state index contributed by atoms with van der Waals surface area (Å²) in [4.78, 5) is 4.31. The zero-order valence-electron chi connectivity index (χ0n) is 13.0. The van der Waals surface area contributed by atoms with Crippen LogP contribution in [0.25, 0.3) is 0 Å². The highest BCUT2D eigenvalue weighted by molar-refractivity contribution is 7.09. The second-order valence-corrected chi connectivity index (χ2v) is 6.94. The van der Waals surface area contributed by atoms with Gasteiger partial charge in [-0.1, -0.05) is 32.9 Å². The lowest BCUT2D eigenvalue weighted by molar-refractivity contribution is -0.137.